The predicted octanol–water partition coefficient (Wildman–Crippen LogP) is 2.33. The van der Waals surface area contributed by atoms with E-state index in [1.807, 2.05) is 6.92 Å². The molecule has 0 bridgehead atoms. The Hall–Kier alpha value is -0.0900. The molecule has 2 N–H and O–H groups in total. The van der Waals surface area contributed by atoms with Crippen molar-refractivity contribution >= 4 is 39.8 Å². The zero-order valence-electron chi connectivity index (χ0n) is 15.2. The van der Waals surface area contributed by atoms with Crippen LogP contribution in [0.2, 0.25) is 0 Å². The summed E-state index contributed by atoms with van der Waals surface area (Å²) in [6.45, 7) is 3.33. The standard InChI is InChI=1S/C16H33N3O3S.HI/c1-14(10-13-23(3,20)21)19-16(17-2)18-11-12-22-15-8-6-4-5-7-9-15;/h14-15H,4-13H2,1-3H3,(H2,17,18,19);1H. The van der Waals surface area contributed by atoms with Gasteiger partial charge in [-0.25, -0.2) is 8.42 Å². The Labute approximate surface area is 164 Å². The molecular weight excluding hydrogens is 441 g/mol. The van der Waals surface area contributed by atoms with E-state index >= 15 is 0 Å². The van der Waals surface area contributed by atoms with Crippen molar-refractivity contribution in [1.82, 2.24) is 10.6 Å². The summed E-state index contributed by atoms with van der Waals surface area (Å²) in [5, 5.41) is 6.42. The van der Waals surface area contributed by atoms with Crippen molar-refractivity contribution in [2.24, 2.45) is 4.99 Å². The molecule has 1 rings (SSSR count). The second-order valence-electron chi connectivity index (χ2n) is 6.45. The lowest BCUT2D eigenvalue weighted by Gasteiger charge is -2.19. The number of aliphatic imine (C=N–C) groups is 1. The van der Waals surface area contributed by atoms with Crippen molar-refractivity contribution in [1.29, 1.82) is 0 Å². The average Bonchev–Trinajstić information content (AvgIpc) is 2.76. The van der Waals surface area contributed by atoms with Crippen LogP contribution in [-0.2, 0) is 14.6 Å². The van der Waals surface area contributed by atoms with E-state index in [0.29, 0.717) is 31.6 Å². The van der Waals surface area contributed by atoms with Crippen LogP contribution >= 0.6 is 24.0 Å². The molecule has 1 fully saturated rings. The van der Waals surface area contributed by atoms with Gasteiger partial charge in [0.25, 0.3) is 0 Å². The number of sulfone groups is 1. The summed E-state index contributed by atoms with van der Waals surface area (Å²) < 4.78 is 28.3. The van der Waals surface area contributed by atoms with E-state index in [1.54, 1.807) is 7.05 Å². The van der Waals surface area contributed by atoms with Gasteiger partial charge < -0.3 is 15.4 Å². The van der Waals surface area contributed by atoms with Crippen LogP contribution < -0.4 is 10.6 Å². The van der Waals surface area contributed by atoms with Crippen LogP contribution in [0.25, 0.3) is 0 Å². The van der Waals surface area contributed by atoms with Gasteiger partial charge in [-0.05, 0) is 26.2 Å². The monoisotopic (exact) mass is 475 g/mol. The molecule has 0 spiro atoms. The van der Waals surface area contributed by atoms with Gasteiger partial charge >= 0.3 is 0 Å². The fraction of sp³-hybridized carbons (Fsp3) is 0.938. The lowest BCUT2D eigenvalue weighted by Crippen LogP contribution is -2.44. The van der Waals surface area contributed by atoms with E-state index in [0.717, 1.165) is 0 Å². The third-order valence-corrected chi connectivity index (χ3v) is 5.06. The molecule has 0 aromatic heterocycles. The van der Waals surface area contributed by atoms with Gasteiger partial charge in [-0.2, -0.15) is 0 Å². The summed E-state index contributed by atoms with van der Waals surface area (Å²) in [6, 6.07) is 0.0544. The summed E-state index contributed by atoms with van der Waals surface area (Å²) in [7, 11) is -1.21. The van der Waals surface area contributed by atoms with Crippen molar-refractivity contribution in [3.8, 4) is 0 Å². The quantitative estimate of drug-likeness (QED) is 0.185. The van der Waals surface area contributed by atoms with Crippen LogP contribution in [0, 0.1) is 0 Å². The van der Waals surface area contributed by atoms with Gasteiger partial charge in [0.15, 0.2) is 5.96 Å². The molecule has 1 aliphatic carbocycles. The Balaban J connectivity index is 0.00000529. The number of nitrogens with zero attached hydrogens (tertiary/aromatic N) is 1. The minimum absolute atomic E-state index is 0. The van der Waals surface area contributed by atoms with Gasteiger partial charge in [0, 0.05) is 25.9 Å². The van der Waals surface area contributed by atoms with Gasteiger partial charge in [-0.15, -0.1) is 24.0 Å². The lowest BCUT2D eigenvalue weighted by atomic mass is 10.1. The van der Waals surface area contributed by atoms with E-state index < -0.39 is 9.84 Å². The number of rotatable bonds is 8. The Kier molecular flexibility index (Phi) is 13.1. The fourth-order valence-electron chi connectivity index (χ4n) is 2.69. The molecule has 1 aliphatic rings. The first-order valence-electron chi connectivity index (χ1n) is 8.67. The number of ether oxygens (including phenoxy) is 1. The van der Waals surface area contributed by atoms with Gasteiger partial charge in [0.2, 0.25) is 0 Å². The first-order valence-corrected chi connectivity index (χ1v) is 10.7. The molecule has 0 aromatic carbocycles. The maximum atomic E-state index is 11.2. The number of nitrogens with one attached hydrogen (secondary N) is 2. The Bertz CT molecular complexity index is 449. The highest BCUT2D eigenvalue weighted by atomic mass is 127. The maximum absolute atomic E-state index is 11.2. The largest absolute Gasteiger partial charge is 0.376 e. The number of guanidine groups is 1. The van der Waals surface area contributed by atoms with Crippen molar-refractivity contribution in [3.63, 3.8) is 0 Å². The maximum Gasteiger partial charge on any atom is 0.191 e. The summed E-state index contributed by atoms with van der Waals surface area (Å²) in [5.41, 5.74) is 0. The van der Waals surface area contributed by atoms with Gasteiger partial charge in [-0.3, -0.25) is 4.99 Å². The van der Waals surface area contributed by atoms with Crippen LogP contribution in [0.15, 0.2) is 4.99 Å². The first-order chi connectivity index (χ1) is 10.9. The second-order valence-corrected chi connectivity index (χ2v) is 8.71. The molecule has 0 amide bonds. The average molecular weight is 475 g/mol. The highest BCUT2D eigenvalue weighted by Crippen LogP contribution is 2.19. The van der Waals surface area contributed by atoms with Crippen molar-refractivity contribution in [2.75, 3.05) is 32.2 Å². The third-order valence-electron chi connectivity index (χ3n) is 4.08. The van der Waals surface area contributed by atoms with Gasteiger partial charge in [0.05, 0.1) is 18.5 Å². The Morgan fingerprint density at radius 3 is 2.42 bits per heavy atom. The molecule has 0 saturated heterocycles. The van der Waals surface area contributed by atoms with Crippen LogP contribution in [0.5, 0.6) is 0 Å². The second kappa shape index (κ2) is 13.2. The minimum Gasteiger partial charge on any atom is -0.376 e. The summed E-state index contributed by atoms with van der Waals surface area (Å²) in [6.07, 6.45) is 9.81. The Morgan fingerprint density at radius 2 is 1.88 bits per heavy atom. The zero-order valence-corrected chi connectivity index (χ0v) is 18.4. The molecule has 0 heterocycles. The number of hydrogen-bond acceptors (Lipinski definition) is 4. The summed E-state index contributed by atoms with van der Waals surface area (Å²) in [5.74, 6) is 0.874. The van der Waals surface area contributed by atoms with Gasteiger partial charge in [-0.1, -0.05) is 25.7 Å². The van der Waals surface area contributed by atoms with E-state index in [4.69, 9.17) is 4.74 Å². The molecule has 0 aromatic rings. The molecule has 0 radical (unpaired) electrons. The molecule has 1 atom stereocenters. The van der Waals surface area contributed by atoms with Gasteiger partial charge in [0.1, 0.15) is 9.84 Å². The molecule has 6 nitrogen and oxygen atoms in total. The molecule has 1 unspecified atom stereocenters. The van der Waals surface area contributed by atoms with Crippen LogP contribution in [0.4, 0.5) is 0 Å². The van der Waals surface area contributed by atoms with Crippen molar-refractivity contribution in [3.05, 3.63) is 0 Å². The SMILES string of the molecule is CN=C(NCCOC1CCCCCC1)NC(C)CCS(C)(=O)=O.I. The Morgan fingerprint density at radius 1 is 1.25 bits per heavy atom. The molecule has 0 aliphatic heterocycles. The fourth-order valence-corrected chi connectivity index (χ4v) is 3.48. The van der Waals surface area contributed by atoms with Crippen LogP contribution in [0.1, 0.15) is 51.9 Å². The zero-order chi connectivity index (χ0) is 17.1. The highest BCUT2D eigenvalue weighted by Gasteiger charge is 2.12. The number of halogens is 1. The van der Waals surface area contributed by atoms with E-state index in [2.05, 4.69) is 15.6 Å². The van der Waals surface area contributed by atoms with Crippen molar-refractivity contribution in [2.45, 2.75) is 64.0 Å². The summed E-state index contributed by atoms with van der Waals surface area (Å²) >= 11 is 0. The van der Waals surface area contributed by atoms with E-state index in [1.165, 1.54) is 44.8 Å². The van der Waals surface area contributed by atoms with Crippen molar-refractivity contribution < 1.29 is 13.2 Å². The highest BCUT2D eigenvalue weighted by molar-refractivity contribution is 14.0. The van der Waals surface area contributed by atoms with E-state index in [9.17, 15) is 8.42 Å². The molecule has 24 heavy (non-hydrogen) atoms. The smallest absolute Gasteiger partial charge is 0.191 e. The van der Waals surface area contributed by atoms with Crippen LogP contribution in [0.3, 0.4) is 0 Å². The first kappa shape index (κ1) is 23.9. The topological polar surface area (TPSA) is 79.8 Å². The molecule has 8 heteroatoms. The third kappa shape index (κ3) is 12.3. The molecular formula is C16H34IN3O3S. The molecule has 1 saturated carbocycles. The molecule has 144 valence electrons. The predicted molar refractivity (Wildman–Crippen MR) is 111 cm³/mol. The normalized spacial score (nSPS) is 18.4. The minimum atomic E-state index is -2.92. The lowest BCUT2D eigenvalue weighted by molar-refractivity contribution is 0.0468. The summed E-state index contributed by atoms with van der Waals surface area (Å²) in [4.78, 5) is 4.16. The number of hydrogen-bond donors (Lipinski definition) is 2. The van der Waals surface area contributed by atoms with E-state index in [-0.39, 0.29) is 35.8 Å². The van der Waals surface area contributed by atoms with Crippen LogP contribution in [-0.4, -0.2) is 58.7 Å².